The van der Waals surface area contributed by atoms with Crippen LogP contribution >= 0.6 is 11.8 Å². The highest BCUT2D eigenvalue weighted by Crippen LogP contribution is 2.26. The van der Waals surface area contributed by atoms with E-state index in [-0.39, 0.29) is 36.6 Å². The van der Waals surface area contributed by atoms with Crippen molar-refractivity contribution in [1.29, 1.82) is 0 Å². The highest BCUT2D eigenvalue weighted by Gasteiger charge is 2.38. The van der Waals surface area contributed by atoms with E-state index in [0.717, 1.165) is 17.3 Å². The van der Waals surface area contributed by atoms with Crippen LogP contribution in [0.2, 0.25) is 0 Å². The zero-order chi connectivity index (χ0) is 29.3. The molecule has 1 aliphatic rings. The second kappa shape index (κ2) is 14.5. The number of hydroxylamine groups is 1. The van der Waals surface area contributed by atoms with Crippen LogP contribution in [-0.4, -0.2) is 75.2 Å². The van der Waals surface area contributed by atoms with Crippen molar-refractivity contribution in [2.24, 2.45) is 17.3 Å². The van der Waals surface area contributed by atoms with Crippen LogP contribution in [0.3, 0.4) is 0 Å². The van der Waals surface area contributed by atoms with Crippen LogP contribution in [0.4, 0.5) is 0 Å². The maximum Gasteiger partial charge on any atom is 0.272 e. The Balaban J connectivity index is 1.90. The molecule has 0 bridgehead atoms. The third-order valence-electron chi connectivity index (χ3n) is 6.10. The number of nitrogens with one attached hydrogen (secondary N) is 4. The van der Waals surface area contributed by atoms with E-state index in [0.29, 0.717) is 12.2 Å². The van der Waals surface area contributed by atoms with Gasteiger partial charge in [0.05, 0.1) is 17.7 Å². The van der Waals surface area contributed by atoms with Gasteiger partial charge in [-0.25, -0.2) is 5.48 Å². The summed E-state index contributed by atoms with van der Waals surface area (Å²) < 4.78 is 5.69. The molecule has 218 valence electrons. The van der Waals surface area contributed by atoms with Gasteiger partial charge in [0.2, 0.25) is 17.7 Å². The van der Waals surface area contributed by atoms with E-state index >= 15 is 0 Å². The molecular formula is C26H40N4O8S. The number of rotatable bonds is 13. The van der Waals surface area contributed by atoms with Crippen LogP contribution in [-0.2, 0) is 25.6 Å². The van der Waals surface area contributed by atoms with E-state index in [4.69, 9.17) is 9.94 Å². The fraction of sp³-hybridized carbons (Fsp3) is 0.615. The lowest BCUT2D eigenvalue weighted by Crippen LogP contribution is -2.57. The standard InChI is InChI=1S/C26H40N4O8S/c1-14(2)12-17(19(31)23(34)30-37)21(32)28-20(26(3,4)5)24(35)27-10-11-38-16-8-6-15(7-9-16)13-18-22(33)29-25(36)39-18/h6-9,14,17-20,25,31,36-37H,10-13H2,1-5H3,(H,27,35)(H,28,32)(H,29,33)(H,30,34)/t17?,18?,19-,20+,25?/m0/s1. The zero-order valence-electron chi connectivity index (χ0n) is 22.9. The number of carbonyl (C=O) groups excluding carboxylic acids is 4. The fourth-order valence-electron chi connectivity index (χ4n) is 4.05. The van der Waals surface area contributed by atoms with Crippen molar-refractivity contribution in [2.45, 2.75) is 70.4 Å². The summed E-state index contributed by atoms with van der Waals surface area (Å²) in [6.07, 6.45) is -1.13. The number of ether oxygens (including phenoxy) is 1. The minimum atomic E-state index is -1.78. The van der Waals surface area contributed by atoms with Gasteiger partial charge < -0.3 is 30.9 Å². The molecule has 13 heteroatoms. The van der Waals surface area contributed by atoms with Gasteiger partial charge in [0.25, 0.3) is 5.91 Å². The Bertz CT molecular complexity index is 999. The van der Waals surface area contributed by atoms with Crippen LogP contribution in [0, 0.1) is 17.3 Å². The summed E-state index contributed by atoms with van der Waals surface area (Å²) >= 11 is 1.16. The summed E-state index contributed by atoms with van der Waals surface area (Å²) in [6, 6.07) is 6.21. The Hall–Kier alpha value is -2.87. The van der Waals surface area contributed by atoms with Crippen molar-refractivity contribution < 1.29 is 39.3 Å². The average molecular weight is 569 g/mol. The van der Waals surface area contributed by atoms with Gasteiger partial charge in [0.1, 0.15) is 24.5 Å². The minimum Gasteiger partial charge on any atom is -0.492 e. The number of amides is 4. The number of thioether (sulfide) groups is 1. The number of aliphatic hydroxyl groups is 2. The van der Waals surface area contributed by atoms with Gasteiger partial charge in [-0.3, -0.25) is 24.4 Å². The Morgan fingerprint density at radius 1 is 1.10 bits per heavy atom. The van der Waals surface area contributed by atoms with Gasteiger partial charge in [-0.05, 0) is 41.9 Å². The molecule has 0 spiro atoms. The first-order chi connectivity index (χ1) is 18.2. The smallest absolute Gasteiger partial charge is 0.272 e. The molecule has 4 amide bonds. The predicted molar refractivity (Wildman–Crippen MR) is 144 cm³/mol. The monoisotopic (exact) mass is 568 g/mol. The number of carbonyl (C=O) groups is 4. The molecule has 1 aromatic carbocycles. The van der Waals surface area contributed by atoms with Crippen molar-refractivity contribution in [3.63, 3.8) is 0 Å². The maximum atomic E-state index is 13.0. The lowest BCUT2D eigenvalue weighted by atomic mass is 9.84. The van der Waals surface area contributed by atoms with E-state index in [1.807, 2.05) is 26.0 Å². The molecule has 1 fully saturated rings. The highest BCUT2D eigenvalue weighted by molar-refractivity contribution is 8.01. The quantitative estimate of drug-likeness (QED) is 0.0997. The second-order valence-electron chi connectivity index (χ2n) is 10.9. The Morgan fingerprint density at radius 3 is 2.26 bits per heavy atom. The fourth-order valence-corrected chi connectivity index (χ4v) is 5.02. The molecule has 1 aliphatic heterocycles. The minimum absolute atomic E-state index is 0.0379. The molecule has 0 aromatic heterocycles. The Labute approximate surface area is 232 Å². The topological polar surface area (TPSA) is 186 Å². The first-order valence-corrected chi connectivity index (χ1v) is 13.7. The van der Waals surface area contributed by atoms with Crippen molar-refractivity contribution in [3.8, 4) is 5.75 Å². The highest BCUT2D eigenvalue weighted by atomic mass is 32.2. The zero-order valence-corrected chi connectivity index (χ0v) is 23.7. The number of benzene rings is 1. The molecule has 0 aliphatic carbocycles. The third kappa shape index (κ3) is 9.99. The van der Waals surface area contributed by atoms with E-state index in [1.54, 1.807) is 32.9 Å². The van der Waals surface area contributed by atoms with Gasteiger partial charge in [-0.1, -0.05) is 58.5 Å². The second-order valence-corrected chi connectivity index (χ2v) is 12.2. The van der Waals surface area contributed by atoms with Crippen molar-refractivity contribution in [1.82, 2.24) is 21.4 Å². The molecule has 0 saturated carbocycles. The normalized spacial score (nSPS) is 19.6. The summed E-state index contributed by atoms with van der Waals surface area (Å²) in [5.41, 5.74) is 0.708. The van der Waals surface area contributed by atoms with Gasteiger partial charge in [-0.2, -0.15) is 0 Å². The largest absolute Gasteiger partial charge is 0.492 e. The van der Waals surface area contributed by atoms with E-state index in [2.05, 4.69) is 16.0 Å². The summed E-state index contributed by atoms with van der Waals surface area (Å²) in [4.78, 5) is 49.5. The molecule has 5 atom stereocenters. The Kier molecular flexibility index (Phi) is 12.0. The summed E-state index contributed by atoms with van der Waals surface area (Å²) in [6.45, 7) is 9.29. The molecule has 7 N–H and O–H groups in total. The molecular weight excluding hydrogens is 528 g/mol. The molecule has 1 heterocycles. The predicted octanol–water partition coefficient (Wildman–Crippen LogP) is 0.291. The summed E-state index contributed by atoms with van der Waals surface area (Å²) in [5, 5.41) is 36.2. The molecule has 1 aromatic rings. The van der Waals surface area contributed by atoms with Crippen LogP contribution in [0.1, 0.15) is 46.6 Å². The molecule has 0 radical (unpaired) electrons. The maximum absolute atomic E-state index is 13.0. The SMILES string of the molecule is CC(C)CC(C(=O)N[C@H](C(=O)NCCOc1ccc(CC2SC(O)NC2=O)cc1)C(C)(C)C)[C@H](O)C(=O)NO. The molecule has 3 unspecified atom stereocenters. The van der Waals surface area contributed by atoms with E-state index < -0.39 is 46.8 Å². The van der Waals surface area contributed by atoms with Crippen molar-refractivity contribution in [2.75, 3.05) is 13.2 Å². The molecule has 12 nitrogen and oxygen atoms in total. The average Bonchev–Trinajstić information content (AvgIpc) is 3.18. The Morgan fingerprint density at radius 2 is 1.74 bits per heavy atom. The lowest BCUT2D eigenvalue weighted by Gasteiger charge is -2.32. The van der Waals surface area contributed by atoms with Crippen molar-refractivity contribution >= 4 is 35.4 Å². The van der Waals surface area contributed by atoms with Crippen LogP contribution in [0.15, 0.2) is 24.3 Å². The van der Waals surface area contributed by atoms with Crippen LogP contribution in [0.5, 0.6) is 5.75 Å². The van der Waals surface area contributed by atoms with Gasteiger partial charge in [0.15, 0.2) is 5.56 Å². The van der Waals surface area contributed by atoms with Crippen LogP contribution < -0.4 is 26.2 Å². The first-order valence-electron chi connectivity index (χ1n) is 12.8. The van der Waals surface area contributed by atoms with E-state index in [1.165, 1.54) is 5.48 Å². The van der Waals surface area contributed by atoms with Gasteiger partial charge in [0, 0.05) is 0 Å². The molecule has 1 saturated heterocycles. The first kappa shape index (κ1) is 32.3. The molecule has 2 rings (SSSR count). The van der Waals surface area contributed by atoms with Crippen LogP contribution in [0.25, 0.3) is 0 Å². The van der Waals surface area contributed by atoms with E-state index in [9.17, 15) is 29.4 Å². The van der Waals surface area contributed by atoms with Crippen molar-refractivity contribution in [3.05, 3.63) is 29.8 Å². The number of hydrogen-bond acceptors (Lipinski definition) is 9. The lowest BCUT2D eigenvalue weighted by molar-refractivity contribution is -0.147. The third-order valence-corrected chi connectivity index (χ3v) is 7.19. The van der Waals surface area contributed by atoms with Gasteiger partial charge >= 0.3 is 0 Å². The summed E-state index contributed by atoms with van der Waals surface area (Å²) in [5.74, 6) is -3.04. The number of hydrogen-bond donors (Lipinski definition) is 7. The summed E-state index contributed by atoms with van der Waals surface area (Å²) in [7, 11) is 0. The molecule has 39 heavy (non-hydrogen) atoms. The van der Waals surface area contributed by atoms with Gasteiger partial charge in [-0.15, -0.1) is 0 Å². The number of aliphatic hydroxyl groups excluding tert-OH is 2.